The lowest BCUT2D eigenvalue weighted by Gasteiger charge is -2.17. The highest BCUT2D eigenvalue weighted by Crippen LogP contribution is 2.24. The highest BCUT2D eigenvalue weighted by molar-refractivity contribution is 7.92. The molecule has 33 heavy (non-hydrogen) atoms. The van der Waals surface area contributed by atoms with Crippen molar-refractivity contribution in [2.75, 3.05) is 23.6 Å². The molecule has 1 amide bonds. The second-order valence-electron chi connectivity index (χ2n) is 7.39. The number of carbonyl (C=O) groups excluding carboxylic acids is 1. The Bertz CT molecular complexity index is 1340. The number of sulfonamides is 2. The summed E-state index contributed by atoms with van der Waals surface area (Å²) in [6.07, 6.45) is 2.66. The van der Waals surface area contributed by atoms with Gasteiger partial charge in [0.05, 0.1) is 17.1 Å². The zero-order chi connectivity index (χ0) is 24.2. The second-order valence-corrected chi connectivity index (χ2v) is 11.1. The third-order valence-electron chi connectivity index (χ3n) is 4.87. The third-order valence-corrected chi connectivity index (χ3v) is 8.03. The van der Waals surface area contributed by atoms with Gasteiger partial charge in [0.1, 0.15) is 4.90 Å². The lowest BCUT2D eigenvalue weighted by molar-refractivity contribution is -0.116. The number of benzene rings is 2. The van der Waals surface area contributed by atoms with E-state index in [0.717, 1.165) is 15.4 Å². The van der Waals surface area contributed by atoms with E-state index in [2.05, 4.69) is 15.0 Å². The average Bonchev–Trinajstić information content (AvgIpc) is 2.77. The third kappa shape index (κ3) is 5.75. The fourth-order valence-electron chi connectivity index (χ4n) is 3.05. The molecule has 11 heteroatoms. The van der Waals surface area contributed by atoms with Crippen LogP contribution in [0.2, 0.25) is 0 Å². The number of aromatic nitrogens is 1. The van der Waals surface area contributed by atoms with Gasteiger partial charge in [-0.05, 0) is 61.4 Å². The molecule has 9 nitrogen and oxygen atoms in total. The molecule has 174 valence electrons. The number of amides is 1. The molecule has 0 saturated carbocycles. The second kappa shape index (κ2) is 9.69. The number of rotatable bonds is 8. The van der Waals surface area contributed by atoms with Crippen molar-refractivity contribution in [3.8, 4) is 0 Å². The maximum absolute atomic E-state index is 12.8. The van der Waals surface area contributed by atoms with E-state index in [1.807, 2.05) is 32.0 Å². The van der Waals surface area contributed by atoms with Crippen LogP contribution >= 0.6 is 0 Å². The smallest absolute Gasteiger partial charge is 0.261 e. The molecule has 3 aromatic rings. The summed E-state index contributed by atoms with van der Waals surface area (Å²) < 4.78 is 54.0. The van der Waals surface area contributed by atoms with Gasteiger partial charge < -0.3 is 5.32 Å². The van der Waals surface area contributed by atoms with Crippen molar-refractivity contribution in [2.45, 2.75) is 23.6 Å². The molecular weight excluding hydrogens is 464 g/mol. The number of aryl methyl sites for hydroxylation is 2. The molecule has 2 aromatic carbocycles. The lowest BCUT2D eigenvalue weighted by atomic mass is 10.1. The number of nitrogens with zero attached hydrogens (tertiary/aromatic N) is 2. The highest BCUT2D eigenvalue weighted by Gasteiger charge is 2.23. The van der Waals surface area contributed by atoms with E-state index in [1.54, 1.807) is 0 Å². The summed E-state index contributed by atoms with van der Waals surface area (Å²) in [5.74, 6) is -0.575. The summed E-state index contributed by atoms with van der Waals surface area (Å²) in [5, 5.41) is 2.57. The van der Waals surface area contributed by atoms with Crippen LogP contribution in [0.15, 0.2) is 76.8 Å². The summed E-state index contributed by atoms with van der Waals surface area (Å²) in [5.41, 5.74) is 2.45. The van der Waals surface area contributed by atoms with Crippen molar-refractivity contribution in [1.29, 1.82) is 0 Å². The molecule has 0 aliphatic carbocycles. The molecule has 1 aromatic heterocycles. The predicted molar refractivity (Wildman–Crippen MR) is 126 cm³/mol. The van der Waals surface area contributed by atoms with Crippen LogP contribution in [0, 0.1) is 13.8 Å². The number of para-hydroxylation sites is 1. The van der Waals surface area contributed by atoms with Crippen LogP contribution in [0.1, 0.15) is 11.1 Å². The van der Waals surface area contributed by atoms with E-state index in [1.165, 1.54) is 55.8 Å². The van der Waals surface area contributed by atoms with Gasteiger partial charge in [-0.25, -0.2) is 16.8 Å². The van der Waals surface area contributed by atoms with Gasteiger partial charge in [-0.15, -0.1) is 0 Å². The van der Waals surface area contributed by atoms with Gasteiger partial charge in [-0.1, -0.05) is 18.2 Å². The molecule has 0 atom stereocenters. The van der Waals surface area contributed by atoms with E-state index in [9.17, 15) is 21.6 Å². The van der Waals surface area contributed by atoms with Crippen LogP contribution in [0.5, 0.6) is 0 Å². The van der Waals surface area contributed by atoms with Crippen LogP contribution in [0.25, 0.3) is 0 Å². The Morgan fingerprint density at radius 3 is 2.12 bits per heavy atom. The van der Waals surface area contributed by atoms with Gasteiger partial charge in [0.2, 0.25) is 15.9 Å². The predicted octanol–water partition coefficient (Wildman–Crippen LogP) is 2.76. The average molecular weight is 489 g/mol. The minimum atomic E-state index is -3.87. The van der Waals surface area contributed by atoms with Crippen molar-refractivity contribution in [2.24, 2.45) is 0 Å². The minimum absolute atomic E-state index is 0.0220. The minimum Gasteiger partial charge on any atom is -0.325 e. The van der Waals surface area contributed by atoms with E-state index in [-0.39, 0.29) is 9.79 Å². The lowest BCUT2D eigenvalue weighted by Crippen LogP contribution is -2.35. The summed E-state index contributed by atoms with van der Waals surface area (Å²) in [6.45, 7) is 3.20. The fourth-order valence-corrected chi connectivity index (χ4v) is 5.35. The van der Waals surface area contributed by atoms with Crippen molar-refractivity contribution in [1.82, 2.24) is 9.29 Å². The molecule has 0 unspecified atom stereocenters. The van der Waals surface area contributed by atoms with Gasteiger partial charge in [0.15, 0.2) is 0 Å². The maximum Gasteiger partial charge on any atom is 0.261 e. The van der Waals surface area contributed by atoms with Crippen LogP contribution < -0.4 is 10.0 Å². The van der Waals surface area contributed by atoms with E-state index in [0.29, 0.717) is 11.4 Å². The molecular formula is C22H24N4O5S2. The quantitative estimate of drug-likeness (QED) is 0.502. The number of hydrogen-bond acceptors (Lipinski definition) is 6. The number of nitrogens with one attached hydrogen (secondary N) is 2. The summed E-state index contributed by atoms with van der Waals surface area (Å²) >= 11 is 0. The molecule has 0 aliphatic rings. The molecule has 0 spiro atoms. The number of carbonyl (C=O) groups is 1. The highest BCUT2D eigenvalue weighted by atomic mass is 32.2. The normalized spacial score (nSPS) is 11.9. The van der Waals surface area contributed by atoms with Gasteiger partial charge in [-0.2, -0.15) is 4.31 Å². The summed E-state index contributed by atoms with van der Waals surface area (Å²) in [6, 6.07) is 14.0. The van der Waals surface area contributed by atoms with Crippen LogP contribution in [-0.4, -0.2) is 45.6 Å². The Balaban J connectivity index is 1.67. The Morgan fingerprint density at radius 1 is 0.909 bits per heavy atom. The molecule has 0 aliphatic heterocycles. The van der Waals surface area contributed by atoms with Crippen molar-refractivity contribution in [3.63, 3.8) is 0 Å². The van der Waals surface area contributed by atoms with E-state index in [4.69, 9.17) is 0 Å². The monoisotopic (exact) mass is 488 g/mol. The maximum atomic E-state index is 12.8. The first-order valence-electron chi connectivity index (χ1n) is 9.86. The summed E-state index contributed by atoms with van der Waals surface area (Å²) in [4.78, 5) is 16.1. The van der Waals surface area contributed by atoms with Crippen LogP contribution in [0.4, 0.5) is 11.4 Å². The first-order chi connectivity index (χ1) is 15.5. The number of hydrogen-bond donors (Lipinski definition) is 2. The zero-order valence-corrected chi connectivity index (χ0v) is 19.9. The molecule has 0 radical (unpaired) electrons. The van der Waals surface area contributed by atoms with Crippen molar-refractivity contribution >= 4 is 37.3 Å². The molecule has 0 bridgehead atoms. The van der Waals surface area contributed by atoms with Crippen LogP contribution in [-0.2, 0) is 24.8 Å². The SMILES string of the molecule is Cc1cccc(C)c1NS(=O)(=O)c1ccc(NC(=O)CN(C)S(=O)(=O)c2cccnc2)cc1. The van der Waals surface area contributed by atoms with Crippen molar-refractivity contribution < 1.29 is 21.6 Å². The van der Waals surface area contributed by atoms with Gasteiger partial charge >= 0.3 is 0 Å². The van der Waals surface area contributed by atoms with E-state index < -0.39 is 32.5 Å². The molecule has 3 rings (SSSR count). The Morgan fingerprint density at radius 2 is 1.55 bits per heavy atom. The molecule has 0 fully saturated rings. The van der Waals surface area contributed by atoms with Gasteiger partial charge in [-0.3, -0.25) is 14.5 Å². The van der Waals surface area contributed by atoms with Crippen molar-refractivity contribution in [3.05, 3.63) is 78.1 Å². The first kappa shape index (κ1) is 24.4. The Kier molecular flexibility index (Phi) is 7.15. The first-order valence-corrected chi connectivity index (χ1v) is 12.8. The fraction of sp³-hybridized carbons (Fsp3) is 0.182. The van der Waals surface area contributed by atoms with Gasteiger partial charge in [0.25, 0.3) is 10.0 Å². The zero-order valence-electron chi connectivity index (χ0n) is 18.3. The molecule has 2 N–H and O–H groups in total. The molecule has 1 heterocycles. The summed E-state index contributed by atoms with van der Waals surface area (Å²) in [7, 11) is -6.41. The Labute approximate surface area is 193 Å². The molecule has 0 saturated heterocycles. The Hall–Kier alpha value is -3.28. The number of pyridine rings is 1. The van der Waals surface area contributed by atoms with Crippen LogP contribution in [0.3, 0.4) is 0 Å². The standard InChI is InChI=1S/C22H24N4O5S2/c1-16-6-4-7-17(2)22(16)25-32(28,29)19-11-9-18(10-12-19)24-21(27)15-26(3)33(30,31)20-8-5-13-23-14-20/h4-14,25H,15H2,1-3H3,(H,24,27). The largest absolute Gasteiger partial charge is 0.325 e. The van der Waals surface area contributed by atoms with E-state index >= 15 is 0 Å². The number of likely N-dealkylation sites (N-methyl/N-ethyl adjacent to an activating group) is 1. The topological polar surface area (TPSA) is 126 Å². The number of anilines is 2. The van der Waals surface area contributed by atoms with Gasteiger partial charge in [0, 0.05) is 25.1 Å².